The van der Waals surface area contributed by atoms with Gasteiger partial charge in [0.25, 0.3) is 5.91 Å². The lowest BCUT2D eigenvalue weighted by molar-refractivity contribution is -0.132. The van der Waals surface area contributed by atoms with Gasteiger partial charge in [0.05, 0.1) is 9.92 Å². The number of nitrogens with zero attached hydrogens (tertiary/aromatic N) is 1. The predicted octanol–water partition coefficient (Wildman–Crippen LogP) is 2.56. The van der Waals surface area contributed by atoms with Crippen LogP contribution < -0.4 is 9.46 Å². The highest BCUT2D eigenvalue weighted by molar-refractivity contribution is 7.89. The molecule has 8 heteroatoms. The Morgan fingerprint density at radius 3 is 2.52 bits per heavy atom. The van der Waals surface area contributed by atoms with Crippen molar-refractivity contribution in [2.45, 2.75) is 49.5 Å². The smallest absolute Gasteiger partial charge is 0.260 e. The van der Waals surface area contributed by atoms with E-state index in [2.05, 4.69) is 4.72 Å². The van der Waals surface area contributed by atoms with Crippen molar-refractivity contribution in [3.63, 3.8) is 0 Å². The van der Waals surface area contributed by atoms with Crippen molar-refractivity contribution < 1.29 is 17.9 Å². The van der Waals surface area contributed by atoms with Crippen molar-refractivity contribution in [3.05, 3.63) is 23.2 Å². The van der Waals surface area contributed by atoms with Gasteiger partial charge in [0.2, 0.25) is 10.0 Å². The number of halogens is 1. The Morgan fingerprint density at radius 1 is 1.20 bits per heavy atom. The molecule has 1 aromatic carbocycles. The molecule has 138 valence electrons. The Labute approximate surface area is 153 Å². The van der Waals surface area contributed by atoms with Crippen LogP contribution in [0.5, 0.6) is 5.75 Å². The predicted molar refractivity (Wildman–Crippen MR) is 95.3 cm³/mol. The van der Waals surface area contributed by atoms with E-state index in [0.717, 1.165) is 51.6 Å². The van der Waals surface area contributed by atoms with Gasteiger partial charge in [-0.15, -0.1) is 0 Å². The molecule has 0 bridgehead atoms. The minimum atomic E-state index is -3.59. The first kappa shape index (κ1) is 18.5. The van der Waals surface area contributed by atoms with Crippen LogP contribution in [-0.2, 0) is 14.8 Å². The molecule has 1 saturated carbocycles. The van der Waals surface area contributed by atoms with Gasteiger partial charge in [-0.1, -0.05) is 24.4 Å². The highest BCUT2D eigenvalue weighted by atomic mass is 35.5. The highest BCUT2D eigenvalue weighted by Gasteiger charge is 2.24. The molecule has 0 atom stereocenters. The first-order chi connectivity index (χ1) is 12.0. The van der Waals surface area contributed by atoms with E-state index >= 15 is 0 Å². The van der Waals surface area contributed by atoms with Crippen LogP contribution in [0.1, 0.15) is 38.5 Å². The molecule has 1 heterocycles. The lowest BCUT2D eigenvalue weighted by atomic mass is 10.3. The summed E-state index contributed by atoms with van der Waals surface area (Å²) in [6, 6.07) is 4.33. The van der Waals surface area contributed by atoms with Crippen molar-refractivity contribution in [1.29, 1.82) is 0 Å². The number of likely N-dealkylation sites (tertiary alicyclic amines) is 1. The lowest BCUT2D eigenvalue weighted by Gasteiger charge is -2.16. The van der Waals surface area contributed by atoms with Crippen LogP contribution in [0, 0.1) is 0 Å². The summed E-state index contributed by atoms with van der Waals surface area (Å²) in [7, 11) is -3.59. The first-order valence-corrected chi connectivity index (χ1v) is 10.5. The topological polar surface area (TPSA) is 75.7 Å². The number of carbonyl (C=O) groups excluding carboxylic acids is 1. The second kappa shape index (κ2) is 7.93. The third-order valence-electron chi connectivity index (χ3n) is 4.70. The van der Waals surface area contributed by atoms with Gasteiger partial charge >= 0.3 is 0 Å². The Kier molecular flexibility index (Phi) is 5.86. The van der Waals surface area contributed by atoms with Crippen LogP contribution in [0.3, 0.4) is 0 Å². The van der Waals surface area contributed by atoms with Crippen LogP contribution in [0.25, 0.3) is 0 Å². The largest absolute Gasteiger partial charge is 0.482 e. The number of benzene rings is 1. The molecule has 0 unspecified atom stereocenters. The van der Waals surface area contributed by atoms with Crippen LogP contribution >= 0.6 is 11.6 Å². The Morgan fingerprint density at radius 2 is 1.88 bits per heavy atom. The van der Waals surface area contributed by atoms with E-state index < -0.39 is 10.0 Å². The van der Waals surface area contributed by atoms with Crippen molar-refractivity contribution in [1.82, 2.24) is 9.62 Å². The van der Waals surface area contributed by atoms with Crippen LogP contribution in [0.2, 0.25) is 5.02 Å². The first-order valence-electron chi connectivity index (χ1n) is 8.68. The normalized spacial score (nSPS) is 18.7. The maximum Gasteiger partial charge on any atom is 0.260 e. The van der Waals surface area contributed by atoms with Crippen LogP contribution in [-0.4, -0.2) is 45.0 Å². The minimum Gasteiger partial charge on any atom is -0.482 e. The summed E-state index contributed by atoms with van der Waals surface area (Å²) in [5.41, 5.74) is 0. The zero-order chi connectivity index (χ0) is 17.9. The zero-order valence-corrected chi connectivity index (χ0v) is 15.6. The van der Waals surface area contributed by atoms with Crippen LogP contribution in [0.4, 0.5) is 0 Å². The Hall–Kier alpha value is -1.31. The van der Waals surface area contributed by atoms with E-state index in [1.54, 1.807) is 4.90 Å². The van der Waals surface area contributed by atoms with Gasteiger partial charge in [-0.2, -0.15) is 0 Å². The van der Waals surface area contributed by atoms with Gasteiger partial charge in [0.1, 0.15) is 5.75 Å². The van der Waals surface area contributed by atoms with Crippen molar-refractivity contribution >= 4 is 27.5 Å². The van der Waals surface area contributed by atoms with Gasteiger partial charge < -0.3 is 9.64 Å². The summed E-state index contributed by atoms with van der Waals surface area (Å²) in [6.07, 6.45) is 5.87. The van der Waals surface area contributed by atoms with Gasteiger partial charge in [-0.25, -0.2) is 13.1 Å². The number of hydrogen-bond acceptors (Lipinski definition) is 4. The van der Waals surface area contributed by atoms with E-state index in [1.165, 1.54) is 18.2 Å². The molecule has 0 aromatic heterocycles. The average Bonchev–Trinajstić information content (AvgIpc) is 3.26. The molecule has 6 nitrogen and oxygen atoms in total. The maximum absolute atomic E-state index is 12.4. The molecule has 1 saturated heterocycles. The fourth-order valence-corrected chi connectivity index (χ4v) is 4.92. The summed E-state index contributed by atoms with van der Waals surface area (Å²) in [5.74, 6) is 0.238. The molecular formula is C17H23ClN2O4S. The minimum absolute atomic E-state index is 0.00205. The number of nitrogens with one attached hydrogen (secondary N) is 1. The SMILES string of the molecule is O=C(COc1ccc(S(=O)(=O)NC2CCCC2)cc1Cl)N1CCCC1. The third kappa shape index (κ3) is 4.65. The summed E-state index contributed by atoms with van der Waals surface area (Å²) in [4.78, 5) is 13.9. The molecule has 1 aliphatic carbocycles. The molecule has 0 spiro atoms. The monoisotopic (exact) mass is 386 g/mol. The standard InChI is InChI=1S/C17H23ClN2O4S/c18-15-11-14(25(22,23)19-13-5-1-2-6-13)7-8-16(15)24-12-17(21)20-9-3-4-10-20/h7-8,11,13,19H,1-6,9-10,12H2. The average molecular weight is 387 g/mol. The molecule has 25 heavy (non-hydrogen) atoms. The summed E-state index contributed by atoms with van der Waals surface area (Å²) >= 11 is 6.15. The van der Waals surface area contributed by atoms with Gasteiger partial charge in [0, 0.05) is 19.1 Å². The second-order valence-electron chi connectivity index (χ2n) is 6.57. The number of ether oxygens (including phenoxy) is 1. The lowest BCUT2D eigenvalue weighted by Crippen LogP contribution is -2.32. The molecule has 3 rings (SSSR count). The van der Waals surface area contributed by atoms with E-state index in [-0.39, 0.29) is 28.5 Å². The molecule has 1 aromatic rings. The summed E-state index contributed by atoms with van der Waals surface area (Å²) in [5, 5.41) is 0.184. The van der Waals surface area contributed by atoms with Crippen molar-refractivity contribution in [2.24, 2.45) is 0 Å². The Bertz CT molecular complexity index is 726. The number of hydrogen-bond donors (Lipinski definition) is 1. The van der Waals surface area contributed by atoms with E-state index in [1.807, 2.05) is 0 Å². The summed E-state index contributed by atoms with van der Waals surface area (Å²) in [6.45, 7) is 1.44. The number of amides is 1. The number of sulfonamides is 1. The highest BCUT2D eigenvalue weighted by Crippen LogP contribution is 2.28. The zero-order valence-electron chi connectivity index (χ0n) is 14.0. The fourth-order valence-electron chi connectivity index (χ4n) is 3.29. The molecule has 1 N–H and O–H groups in total. The van der Waals surface area contributed by atoms with E-state index in [0.29, 0.717) is 5.75 Å². The second-order valence-corrected chi connectivity index (χ2v) is 8.69. The summed E-state index contributed by atoms with van der Waals surface area (Å²) < 4.78 is 33.0. The van der Waals surface area contributed by atoms with Crippen LogP contribution in [0.15, 0.2) is 23.1 Å². The van der Waals surface area contributed by atoms with Gasteiger partial charge in [0.15, 0.2) is 6.61 Å². The van der Waals surface area contributed by atoms with E-state index in [9.17, 15) is 13.2 Å². The molecule has 2 aliphatic rings. The van der Waals surface area contributed by atoms with E-state index in [4.69, 9.17) is 16.3 Å². The maximum atomic E-state index is 12.4. The van der Waals surface area contributed by atoms with Gasteiger partial charge in [-0.3, -0.25) is 4.79 Å². The molecular weight excluding hydrogens is 364 g/mol. The third-order valence-corrected chi connectivity index (χ3v) is 6.51. The number of rotatable bonds is 6. The molecule has 2 fully saturated rings. The van der Waals surface area contributed by atoms with Crippen molar-refractivity contribution in [3.8, 4) is 5.75 Å². The fraction of sp³-hybridized carbons (Fsp3) is 0.588. The van der Waals surface area contributed by atoms with Gasteiger partial charge in [-0.05, 0) is 43.9 Å². The molecule has 1 aliphatic heterocycles. The Balaban J connectivity index is 1.62. The molecule has 1 amide bonds. The van der Waals surface area contributed by atoms with Crippen molar-refractivity contribution in [2.75, 3.05) is 19.7 Å². The molecule has 0 radical (unpaired) electrons. The number of carbonyl (C=O) groups is 1. The quantitative estimate of drug-likeness (QED) is 0.815.